The van der Waals surface area contributed by atoms with E-state index in [2.05, 4.69) is 10.1 Å². The Labute approximate surface area is 171 Å². The summed E-state index contributed by atoms with van der Waals surface area (Å²) >= 11 is 8.05. The summed E-state index contributed by atoms with van der Waals surface area (Å²) in [6, 6.07) is 7.75. The molecule has 0 radical (unpaired) electrons. The summed E-state index contributed by atoms with van der Waals surface area (Å²) in [7, 11) is 0. The monoisotopic (exact) mass is 421 g/mol. The van der Waals surface area contributed by atoms with E-state index in [1.54, 1.807) is 0 Å². The van der Waals surface area contributed by atoms with Gasteiger partial charge in [0.2, 0.25) is 10.8 Å². The van der Waals surface area contributed by atoms with Gasteiger partial charge in [0.15, 0.2) is 11.8 Å². The van der Waals surface area contributed by atoms with E-state index in [1.165, 1.54) is 20.8 Å². The molecule has 5 rings (SSSR count). The lowest BCUT2D eigenvalue weighted by atomic mass is 9.97. The fourth-order valence-electron chi connectivity index (χ4n) is 4.32. The highest BCUT2D eigenvalue weighted by Crippen LogP contribution is 2.38. The highest BCUT2D eigenvalue weighted by atomic mass is 35.5. The van der Waals surface area contributed by atoms with Gasteiger partial charge in [-0.05, 0) is 13.0 Å². The first-order valence-corrected chi connectivity index (χ1v) is 10.7. The Kier molecular flexibility index (Phi) is 4.56. The van der Waals surface area contributed by atoms with E-state index < -0.39 is 5.79 Å². The van der Waals surface area contributed by atoms with Crippen LogP contribution in [0.3, 0.4) is 0 Å². The van der Waals surface area contributed by atoms with Gasteiger partial charge in [0.25, 0.3) is 0 Å². The number of aromatic nitrogens is 3. The Hall–Kier alpha value is -1.71. The summed E-state index contributed by atoms with van der Waals surface area (Å²) in [6.07, 6.45) is 1.65. The summed E-state index contributed by atoms with van der Waals surface area (Å²) in [5.74, 6) is 0.357. The molecule has 148 valence electrons. The molecule has 9 heteroatoms. The second-order valence-corrected chi connectivity index (χ2v) is 8.78. The van der Waals surface area contributed by atoms with Crippen LogP contribution in [0.4, 0.5) is 0 Å². The van der Waals surface area contributed by atoms with Gasteiger partial charge in [0.05, 0.1) is 44.2 Å². The molecule has 4 heterocycles. The maximum Gasteiger partial charge on any atom is 0.235 e. The van der Waals surface area contributed by atoms with Crippen molar-refractivity contribution in [2.75, 3.05) is 26.3 Å². The Balaban J connectivity index is 1.55. The topological polar surface area (TPSA) is 73.3 Å². The third kappa shape index (κ3) is 3.00. The number of piperidine rings is 1. The van der Waals surface area contributed by atoms with E-state index >= 15 is 0 Å². The Morgan fingerprint density at radius 2 is 1.96 bits per heavy atom. The van der Waals surface area contributed by atoms with Crippen LogP contribution in [0.2, 0.25) is 5.02 Å². The molecular weight excluding hydrogens is 400 g/mol. The largest absolute Gasteiger partial charge is 0.492 e. The molecule has 28 heavy (non-hydrogen) atoms. The maximum absolute atomic E-state index is 10.9. The fraction of sp³-hybridized carbons (Fsp3) is 0.474. The molecule has 2 aromatic heterocycles. The lowest BCUT2D eigenvalue weighted by molar-refractivity contribution is -0.933. The van der Waals surface area contributed by atoms with Crippen molar-refractivity contribution < 1.29 is 19.5 Å². The second kappa shape index (κ2) is 6.96. The number of rotatable bonds is 3. The summed E-state index contributed by atoms with van der Waals surface area (Å²) in [5.41, 5.74) is 1.000. The number of hydrogen-bond acceptors (Lipinski definition) is 6. The minimum absolute atomic E-state index is 0.0961. The zero-order chi connectivity index (χ0) is 19.3. The van der Waals surface area contributed by atoms with Crippen LogP contribution in [0.1, 0.15) is 35.1 Å². The van der Waals surface area contributed by atoms with Gasteiger partial charge in [0.1, 0.15) is 10.7 Å². The summed E-state index contributed by atoms with van der Waals surface area (Å²) < 4.78 is 13.3. The van der Waals surface area contributed by atoms with Crippen LogP contribution in [0, 0.1) is 6.92 Å². The Morgan fingerprint density at radius 1 is 1.25 bits per heavy atom. The average Bonchev–Trinajstić information content (AvgIpc) is 3.36. The molecule has 2 aliphatic heterocycles. The van der Waals surface area contributed by atoms with Gasteiger partial charge >= 0.3 is 0 Å². The molecule has 3 aromatic rings. The predicted molar refractivity (Wildman–Crippen MR) is 105 cm³/mol. The third-order valence-electron chi connectivity index (χ3n) is 5.66. The lowest BCUT2D eigenvalue weighted by Gasteiger charge is -2.38. The molecular formula is C19H22ClN4O3S+. The van der Waals surface area contributed by atoms with Crippen molar-refractivity contribution in [2.45, 2.75) is 31.6 Å². The number of fused-ring (bicyclic) bond motifs is 1. The van der Waals surface area contributed by atoms with Gasteiger partial charge in [-0.25, -0.2) is 4.98 Å². The number of thiazole rings is 1. The molecule has 2 saturated heterocycles. The first kappa shape index (κ1) is 18.3. The molecule has 0 unspecified atom stereocenters. The van der Waals surface area contributed by atoms with Crippen molar-refractivity contribution in [1.29, 1.82) is 0 Å². The number of likely N-dealkylation sites (tertiary alicyclic amines) is 1. The van der Waals surface area contributed by atoms with E-state index in [0.29, 0.717) is 29.0 Å². The molecule has 2 aliphatic rings. The molecule has 0 saturated carbocycles. The van der Waals surface area contributed by atoms with Gasteiger partial charge in [0, 0.05) is 5.56 Å². The van der Waals surface area contributed by atoms with Crippen molar-refractivity contribution in [1.82, 2.24) is 14.6 Å². The van der Waals surface area contributed by atoms with Crippen LogP contribution >= 0.6 is 22.9 Å². The van der Waals surface area contributed by atoms with Crippen molar-refractivity contribution in [2.24, 2.45) is 0 Å². The SMILES string of the molecule is Cc1nc2sc([C@@H](c3ccccc3Cl)[NH+]3CCC4(CC3)OCCO4)c(O)n2n1. The van der Waals surface area contributed by atoms with Crippen LogP contribution in [0.5, 0.6) is 5.88 Å². The first-order valence-electron chi connectivity index (χ1n) is 9.48. The molecule has 1 spiro atoms. The van der Waals surface area contributed by atoms with Crippen molar-refractivity contribution in [3.8, 4) is 5.88 Å². The van der Waals surface area contributed by atoms with E-state index in [4.69, 9.17) is 21.1 Å². The number of nitrogens with one attached hydrogen (secondary N) is 1. The first-order chi connectivity index (χ1) is 13.6. The van der Waals surface area contributed by atoms with Gasteiger partial charge in [-0.15, -0.1) is 5.10 Å². The number of aromatic hydroxyl groups is 1. The number of benzene rings is 1. The van der Waals surface area contributed by atoms with Crippen molar-refractivity contribution >= 4 is 27.9 Å². The highest BCUT2D eigenvalue weighted by molar-refractivity contribution is 7.17. The number of nitrogens with zero attached hydrogens (tertiary/aromatic N) is 3. The number of quaternary nitrogens is 1. The summed E-state index contributed by atoms with van der Waals surface area (Å²) in [6.45, 7) is 4.87. The van der Waals surface area contributed by atoms with Crippen LogP contribution in [-0.2, 0) is 9.47 Å². The summed E-state index contributed by atoms with van der Waals surface area (Å²) in [5, 5.41) is 15.9. The van der Waals surface area contributed by atoms with Crippen LogP contribution < -0.4 is 4.90 Å². The molecule has 2 N–H and O–H groups in total. The molecule has 2 fully saturated rings. The zero-order valence-electron chi connectivity index (χ0n) is 15.5. The third-order valence-corrected chi connectivity index (χ3v) is 7.09. The van der Waals surface area contributed by atoms with Crippen LogP contribution in [0.25, 0.3) is 4.96 Å². The predicted octanol–water partition coefficient (Wildman–Crippen LogP) is 1.97. The van der Waals surface area contributed by atoms with E-state index in [-0.39, 0.29) is 11.9 Å². The van der Waals surface area contributed by atoms with Gasteiger partial charge in [-0.1, -0.05) is 41.1 Å². The Morgan fingerprint density at radius 3 is 2.64 bits per heavy atom. The van der Waals surface area contributed by atoms with Crippen LogP contribution in [-0.4, -0.2) is 51.8 Å². The van der Waals surface area contributed by atoms with E-state index in [0.717, 1.165) is 36.4 Å². The van der Waals surface area contributed by atoms with Crippen LogP contribution in [0.15, 0.2) is 24.3 Å². The van der Waals surface area contributed by atoms with Gasteiger partial charge in [-0.3, -0.25) is 0 Å². The normalized spacial score (nSPS) is 20.9. The van der Waals surface area contributed by atoms with Gasteiger partial charge < -0.3 is 19.5 Å². The van der Waals surface area contributed by atoms with Gasteiger partial charge in [-0.2, -0.15) is 4.52 Å². The number of hydrogen-bond donors (Lipinski definition) is 2. The minimum atomic E-state index is -0.431. The fourth-order valence-corrected chi connectivity index (χ4v) is 5.74. The molecule has 1 atom stereocenters. The average molecular weight is 422 g/mol. The second-order valence-electron chi connectivity index (χ2n) is 7.36. The van der Waals surface area contributed by atoms with Crippen molar-refractivity contribution in [3.05, 3.63) is 45.6 Å². The molecule has 0 amide bonds. The minimum Gasteiger partial charge on any atom is -0.492 e. The van der Waals surface area contributed by atoms with E-state index in [1.807, 2.05) is 31.2 Å². The lowest BCUT2D eigenvalue weighted by Crippen LogP contribution is -3.14. The number of halogens is 1. The molecule has 0 bridgehead atoms. The van der Waals surface area contributed by atoms with E-state index in [9.17, 15) is 5.11 Å². The number of aryl methyl sites for hydroxylation is 1. The standard InChI is InChI=1S/C19H21ClN4O3S/c1-12-21-18-24(22-12)17(25)16(28-18)15(13-4-2-3-5-14(13)20)23-8-6-19(7-9-23)26-10-11-27-19/h2-5,15,25H,6-11H2,1H3/p+1/t15-/m1/s1. The highest BCUT2D eigenvalue weighted by Gasteiger charge is 2.45. The zero-order valence-corrected chi connectivity index (χ0v) is 17.1. The smallest absolute Gasteiger partial charge is 0.235 e. The Bertz CT molecular complexity index is 1000. The molecule has 1 aromatic carbocycles. The molecule has 7 nitrogen and oxygen atoms in total. The maximum atomic E-state index is 10.9. The number of ether oxygens (including phenoxy) is 2. The molecule has 0 aliphatic carbocycles. The quantitative estimate of drug-likeness (QED) is 0.676. The summed E-state index contributed by atoms with van der Waals surface area (Å²) in [4.78, 5) is 7.28. The van der Waals surface area contributed by atoms with Crippen molar-refractivity contribution in [3.63, 3.8) is 0 Å².